The molecule has 2 aromatic carbocycles. The van der Waals surface area contributed by atoms with Crippen molar-refractivity contribution in [3.05, 3.63) is 75.2 Å². The third kappa shape index (κ3) is 4.33. The zero-order valence-corrected chi connectivity index (χ0v) is 17.7. The summed E-state index contributed by atoms with van der Waals surface area (Å²) in [7, 11) is 0. The molecule has 0 bridgehead atoms. The van der Waals surface area contributed by atoms with Crippen molar-refractivity contribution in [3.8, 4) is 0 Å². The van der Waals surface area contributed by atoms with Gasteiger partial charge in [-0.25, -0.2) is 4.98 Å². The second-order valence-electron chi connectivity index (χ2n) is 6.79. The van der Waals surface area contributed by atoms with Gasteiger partial charge < -0.3 is 4.90 Å². The Kier molecular flexibility index (Phi) is 6.62. The number of fused-ring (bicyclic) bond motifs is 1. The Morgan fingerprint density at radius 1 is 1.18 bits per heavy atom. The fourth-order valence-corrected chi connectivity index (χ4v) is 4.00. The Bertz CT molecular complexity index is 1030. The Labute approximate surface area is 173 Å². The molecule has 3 rings (SSSR count). The first kappa shape index (κ1) is 20.3. The van der Waals surface area contributed by atoms with Crippen molar-refractivity contribution < 1.29 is 4.79 Å². The van der Waals surface area contributed by atoms with Crippen molar-refractivity contribution in [2.24, 2.45) is 0 Å². The van der Waals surface area contributed by atoms with E-state index in [4.69, 9.17) is 0 Å². The van der Waals surface area contributed by atoms with Crippen LogP contribution in [0, 0.1) is 0 Å². The summed E-state index contributed by atoms with van der Waals surface area (Å²) < 4.78 is 2.51. The summed E-state index contributed by atoms with van der Waals surface area (Å²) in [5, 5.41) is 0.574. The largest absolute Gasteiger partial charge is 0.336 e. The molecule has 0 aliphatic heterocycles. The van der Waals surface area contributed by atoms with Crippen LogP contribution in [0.15, 0.2) is 64.1 Å². The number of nitrogens with zero attached hydrogens (tertiary/aromatic N) is 3. The highest BCUT2D eigenvalue weighted by molar-refractivity contribution is 9.10. The van der Waals surface area contributed by atoms with E-state index < -0.39 is 0 Å². The zero-order chi connectivity index (χ0) is 20.1. The van der Waals surface area contributed by atoms with Crippen molar-refractivity contribution in [1.82, 2.24) is 14.5 Å². The van der Waals surface area contributed by atoms with E-state index in [2.05, 4.69) is 27.8 Å². The molecule has 3 aromatic rings. The standard InChI is InChI=1S/C22H24BrN3O2/c1-3-13-26(16(2)17-8-4-6-10-19(17)23)21(27)12-14-25-15-24-20-11-7-5-9-18(20)22(25)28/h4-11,15-16H,3,12-14H2,1-2H3/t16-/m1/s1. The predicted octanol–water partition coefficient (Wildman–Crippen LogP) is 4.55. The summed E-state index contributed by atoms with van der Waals surface area (Å²) in [5.74, 6) is 0.0326. The normalized spacial score (nSPS) is 12.1. The van der Waals surface area contributed by atoms with Gasteiger partial charge in [-0.3, -0.25) is 14.2 Å². The first-order chi connectivity index (χ1) is 13.5. The molecule has 1 aromatic heterocycles. The molecular formula is C22H24BrN3O2. The van der Waals surface area contributed by atoms with Crippen LogP contribution >= 0.6 is 15.9 Å². The van der Waals surface area contributed by atoms with E-state index in [1.165, 1.54) is 10.9 Å². The van der Waals surface area contributed by atoms with Gasteiger partial charge in [-0.2, -0.15) is 0 Å². The van der Waals surface area contributed by atoms with Gasteiger partial charge in [0.1, 0.15) is 0 Å². The second-order valence-corrected chi connectivity index (χ2v) is 7.65. The minimum atomic E-state index is -0.112. The van der Waals surface area contributed by atoms with Crippen LogP contribution in [0.4, 0.5) is 0 Å². The number of halogens is 1. The van der Waals surface area contributed by atoms with Crippen LogP contribution in [0.5, 0.6) is 0 Å². The molecule has 6 heteroatoms. The molecule has 0 N–H and O–H groups in total. The van der Waals surface area contributed by atoms with E-state index in [1.807, 2.05) is 54.3 Å². The third-order valence-electron chi connectivity index (χ3n) is 4.91. The molecule has 0 radical (unpaired) electrons. The smallest absolute Gasteiger partial charge is 0.261 e. The number of carbonyl (C=O) groups excluding carboxylic acids is 1. The van der Waals surface area contributed by atoms with E-state index in [-0.39, 0.29) is 23.9 Å². The van der Waals surface area contributed by atoms with Crippen LogP contribution in [0.1, 0.15) is 38.3 Å². The summed E-state index contributed by atoms with van der Waals surface area (Å²) in [6.07, 6.45) is 2.66. The molecule has 0 unspecified atom stereocenters. The van der Waals surface area contributed by atoms with Gasteiger partial charge in [-0.05, 0) is 37.1 Å². The Balaban J connectivity index is 1.77. The molecule has 0 spiro atoms. The van der Waals surface area contributed by atoms with Crippen molar-refractivity contribution >= 4 is 32.7 Å². The first-order valence-electron chi connectivity index (χ1n) is 9.51. The van der Waals surface area contributed by atoms with Crippen molar-refractivity contribution in [3.63, 3.8) is 0 Å². The molecule has 1 atom stereocenters. The molecule has 0 aliphatic rings. The molecule has 0 aliphatic carbocycles. The van der Waals surface area contributed by atoms with E-state index in [9.17, 15) is 9.59 Å². The molecule has 1 amide bonds. The third-order valence-corrected chi connectivity index (χ3v) is 5.63. The van der Waals surface area contributed by atoms with Gasteiger partial charge in [-0.15, -0.1) is 0 Å². The lowest BCUT2D eigenvalue weighted by atomic mass is 10.1. The summed E-state index contributed by atoms with van der Waals surface area (Å²) in [5.41, 5.74) is 1.64. The second kappa shape index (κ2) is 9.15. The summed E-state index contributed by atoms with van der Waals surface area (Å²) in [4.78, 5) is 31.8. The Morgan fingerprint density at radius 2 is 1.89 bits per heavy atom. The van der Waals surface area contributed by atoms with Gasteiger partial charge >= 0.3 is 0 Å². The highest BCUT2D eigenvalue weighted by Crippen LogP contribution is 2.28. The van der Waals surface area contributed by atoms with Crippen LogP contribution in [0.25, 0.3) is 10.9 Å². The Hall–Kier alpha value is -2.47. The number of rotatable bonds is 7. The quantitative estimate of drug-likeness (QED) is 0.540. The van der Waals surface area contributed by atoms with Gasteiger partial charge in [0.15, 0.2) is 0 Å². The summed E-state index contributed by atoms with van der Waals surface area (Å²) in [6.45, 7) is 5.09. The van der Waals surface area contributed by atoms with Crippen LogP contribution in [-0.4, -0.2) is 26.9 Å². The van der Waals surface area contributed by atoms with E-state index in [0.717, 1.165) is 16.5 Å². The van der Waals surface area contributed by atoms with E-state index in [0.29, 0.717) is 24.0 Å². The number of hydrogen-bond donors (Lipinski definition) is 0. The molecule has 146 valence electrons. The molecule has 5 nitrogen and oxygen atoms in total. The highest BCUT2D eigenvalue weighted by Gasteiger charge is 2.22. The van der Waals surface area contributed by atoms with E-state index >= 15 is 0 Å². The SMILES string of the molecule is CCCN(C(=O)CCn1cnc2ccccc2c1=O)[C@H](C)c1ccccc1Br. The highest BCUT2D eigenvalue weighted by atomic mass is 79.9. The fourth-order valence-electron chi connectivity index (χ4n) is 3.38. The number of benzene rings is 2. The molecular weight excluding hydrogens is 418 g/mol. The van der Waals surface area contributed by atoms with Crippen LogP contribution < -0.4 is 5.56 Å². The van der Waals surface area contributed by atoms with E-state index in [1.54, 1.807) is 6.07 Å². The fraction of sp³-hybridized carbons (Fsp3) is 0.318. The van der Waals surface area contributed by atoms with Gasteiger partial charge in [0.2, 0.25) is 5.91 Å². The topological polar surface area (TPSA) is 55.2 Å². The maximum Gasteiger partial charge on any atom is 0.261 e. The zero-order valence-electron chi connectivity index (χ0n) is 16.1. The van der Waals surface area contributed by atoms with Crippen LogP contribution in [-0.2, 0) is 11.3 Å². The summed E-state index contributed by atoms with van der Waals surface area (Å²) in [6, 6.07) is 15.2. The molecule has 28 heavy (non-hydrogen) atoms. The lowest BCUT2D eigenvalue weighted by Gasteiger charge is -2.30. The Morgan fingerprint density at radius 3 is 2.64 bits per heavy atom. The molecule has 0 saturated carbocycles. The molecule has 0 fully saturated rings. The lowest BCUT2D eigenvalue weighted by molar-refractivity contribution is -0.133. The number of aromatic nitrogens is 2. The number of para-hydroxylation sites is 1. The molecule has 1 heterocycles. The van der Waals surface area contributed by atoms with Gasteiger partial charge in [0, 0.05) is 24.0 Å². The van der Waals surface area contributed by atoms with Gasteiger partial charge in [0.25, 0.3) is 5.56 Å². The minimum Gasteiger partial charge on any atom is -0.336 e. The predicted molar refractivity (Wildman–Crippen MR) is 115 cm³/mol. The van der Waals surface area contributed by atoms with Crippen LogP contribution in [0.3, 0.4) is 0 Å². The number of hydrogen-bond acceptors (Lipinski definition) is 3. The van der Waals surface area contributed by atoms with Gasteiger partial charge in [-0.1, -0.05) is 53.2 Å². The maximum absolute atomic E-state index is 13.0. The van der Waals surface area contributed by atoms with Crippen molar-refractivity contribution in [2.75, 3.05) is 6.54 Å². The van der Waals surface area contributed by atoms with Crippen LogP contribution in [0.2, 0.25) is 0 Å². The maximum atomic E-state index is 13.0. The van der Waals surface area contributed by atoms with Crippen molar-refractivity contribution in [1.29, 1.82) is 0 Å². The first-order valence-corrected chi connectivity index (χ1v) is 10.3. The lowest BCUT2D eigenvalue weighted by Crippen LogP contribution is -2.35. The average molecular weight is 442 g/mol. The monoisotopic (exact) mass is 441 g/mol. The minimum absolute atomic E-state index is 0.0326. The average Bonchev–Trinajstić information content (AvgIpc) is 2.71. The number of carbonyl (C=O) groups is 1. The summed E-state index contributed by atoms with van der Waals surface area (Å²) >= 11 is 3.58. The van der Waals surface area contributed by atoms with Crippen molar-refractivity contribution in [2.45, 2.75) is 39.3 Å². The number of aryl methyl sites for hydroxylation is 1. The number of amides is 1. The molecule has 0 saturated heterocycles. The van der Waals surface area contributed by atoms with Gasteiger partial charge in [0.05, 0.1) is 23.3 Å².